The zero-order chi connectivity index (χ0) is 25.7. The molecule has 1 heterocycles. The molecule has 8 heteroatoms. The minimum Gasteiger partial charge on any atom is -0.484 e. The van der Waals surface area contributed by atoms with Gasteiger partial charge in [-0.15, -0.1) is 10.2 Å². The molecule has 0 radical (unpaired) electrons. The van der Waals surface area contributed by atoms with E-state index in [9.17, 15) is 4.79 Å². The number of nitrogens with zero attached hydrogens (tertiary/aromatic N) is 3. The normalized spacial score (nSPS) is 10.9. The number of thiocarbonyl (C=S) groups is 1. The fraction of sp³-hybridized carbons (Fsp3) is 0.286. The van der Waals surface area contributed by atoms with Gasteiger partial charge in [0.2, 0.25) is 0 Å². The summed E-state index contributed by atoms with van der Waals surface area (Å²) in [7, 11) is 0. The first kappa shape index (κ1) is 25.3. The number of amides is 1. The molecule has 186 valence electrons. The smallest absolute Gasteiger partial charge is 0.264 e. The van der Waals surface area contributed by atoms with Gasteiger partial charge in [-0.2, -0.15) is 4.80 Å². The molecule has 0 aliphatic rings. The van der Waals surface area contributed by atoms with Crippen molar-refractivity contribution in [2.75, 3.05) is 11.9 Å². The number of carbonyl (C=O) groups is 1. The number of unbranched alkanes of at least 4 members (excludes halogenated alkanes) is 1. The largest absolute Gasteiger partial charge is 0.484 e. The maximum Gasteiger partial charge on any atom is 0.264 e. The Morgan fingerprint density at radius 2 is 1.67 bits per heavy atom. The van der Waals surface area contributed by atoms with Crippen LogP contribution in [0.4, 0.5) is 5.69 Å². The molecular formula is C28H31N5O2S. The van der Waals surface area contributed by atoms with Gasteiger partial charge in [0.25, 0.3) is 5.91 Å². The molecular weight excluding hydrogens is 470 g/mol. The van der Waals surface area contributed by atoms with Crippen LogP contribution in [0.3, 0.4) is 0 Å². The standard InChI is InChI=1S/C28H31N5O2S/c1-5-6-7-21-9-11-22(12-10-21)33-31-25-15-20(4)24(16-26(25)32-33)29-28(36)30-27(34)17-35-23-13-8-18(2)19(3)14-23/h8-16H,5-7,17H2,1-4H3,(H2,29,30,34,36). The van der Waals surface area contributed by atoms with Gasteiger partial charge < -0.3 is 10.1 Å². The summed E-state index contributed by atoms with van der Waals surface area (Å²) < 4.78 is 5.59. The molecule has 1 aromatic heterocycles. The van der Waals surface area contributed by atoms with Crippen molar-refractivity contribution >= 4 is 40.0 Å². The lowest BCUT2D eigenvalue weighted by Crippen LogP contribution is -2.37. The Balaban J connectivity index is 1.38. The van der Waals surface area contributed by atoms with Crippen LogP contribution in [0.25, 0.3) is 16.7 Å². The highest BCUT2D eigenvalue weighted by molar-refractivity contribution is 7.80. The summed E-state index contributed by atoms with van der Waals surface area (Å²) in [5, 5.41) is 15.2. The molecule has 0 saturated heterocycles. The Morgan fingerprint density at radius 3 is 2.36 bits per heavy atom. The summed E-state index contributed by atoms with van der Waals surface area (Å²) in [4.78, 5) is 14.0. The number of hydrogen-bond donors (Lipinski definition) is 2. The monoisotopic (exact) mass is 501 g/mol. The van der Waals surface area contributed by atoms with Gasteiger partial charge in [-0.25, -0.2) is 0 Å². The minimum atomic E-state index is -0.335. The molecule has 0 aliphatic heterocycles. The van der Waals surface area contributed by atoms with E-state index in [1.807, 2.05) is 63.2 Å². The number of fused-ring (bicyclic) bond motifs is 1. The van der Waals surface area contributed by atoms with Gasteiger partial charge in [0.05, 0.1) is 5.69 Å². The first-order valence-electron chi connectivity index (χ1n) is 12.1. The second-order valence-corrected chi connectivity index (χ2v) is 9.36. The molecule has 0 saturated carbocycles. The second kappa shape index (κ2) is 11.3. The summed E-state index contributed by atoms with van der Waals surface area (Å²) in [6.45, 7) is 8.05. The molecule has 0 fully saturated rings. The first-order valence-corrected chi connectivity index (χ1v) is 12.5. The zero-order valence-corrected chi connectivity index (χ0v) is 21.9. The molecule has 0 unspecified atom stereocenters. The molecule has 0 aliphatic carbocycles. The van der Waals surface area contributed by atoms with Crippen molar-refractivity contribution in [2.45, 2.75) is 47.0 Å². The van der Waals surface area contributed by atoms with Crippen LogP contribution in [-0.2, 0) is 11.2 Å². The van der Waals surface area contributed by atoms with Crippen LogP contribution in [0.2, 0.25) is 0 Å². The number of carbonyl (C=O) groups excluding carboxylic acids is 1. The van der Waals surface area contributed by atoms with Crippen LogP contribution in [0.5, 0.6) is 5.75 Å². The van der Waals surface area contributed by atoms with Crippen LogP contribution in [0.15, 0.2) is 54.6 Å². The van der Waals surface area contributed by atoms with E-state index in [0.29, 0.717) is 5.75 Å². The van der Waals surface area contributed by atoms with Gasteiger partial charge >= 0.3 is 0 Å². The Bertz CT molecular complexity index is 1400. The minimum absolute atomic E-state index is 0.131. The van der Waals surface area contributed by atoms with Crippen molar-refractivity contribution in [3.63, 3.8) is 0 Å². The van der Waals surface area contributed by atoms with E-state index in [0.717, 1.165) is 40.0 Å². The number of aromatic nitrogens is 3. The predicted molar refractivity (Wildman–Crippen MR) is 148 cm³/mol. The van der Waals surface area contributed by atoms with Gasteiger partial charge in [0, 0.05) is 5.69 Å². The van der Waals surface area contributed by atoms with Gasteiger partial charge in [-0.1, -0.05) is 31.5 Å². The number of hydrogen-bond acceptors (Lipinski definition) is 5. The maximum atomic E-state index is 12.3. The van der Waals surface area contributed by atoms with Crippen molar-refractivity contribution in [3.8, 4) is 11.4 Å². The lowest BCUT2D eigenvalue weighted by molar-refractivity contribution is -0.121. The summed E-state index contributed by atoms with van der Waals surface area (Å²) in [5.74, 6) is 0.310. The number of aryl methyl sites for hydroxylation is 4. The van der Waals surface area contributed by atoms with Gasteiger partial charge in [0.15, 0.2) is 11.7 Å². The Hall–Kier alpha value is -3.78. The fourth-order valence-electron chi connectivity index (χ4n) is 3.76. The summed E-state index contributed by atoms with van der Waals surface area (Å²) >= 11 is 5.35. The number of anilines is 1. The third-order valence-electron chi connectivity index (χ3n) is 6.06. The highest BCUT2D eigenvalue weighted by atomic mass is 32.1. The fourth-order valence-corrected chi connectivity index (χ4v) is 3.99. The summed E-state index contributed by atoms with van der Waals surface area (Å²) in [6, 6.07) is 17.9. The SMILES string of the molecule is CCCCc1ccc(-n2nc3cc(C)c(NC(=S)NC(=O)COc4ccc(C)c(C)c4)cc3n2)cc1. The molecule has 4 rings (SSSR count). The van der Waals surface area contributed by atoms with E-state index < -0.39 is 0 Å². The molecule has 2 N–H and O–H groups in total. The van der Waals surface area contributed by atoms with Crippen molar-refractivity contribution in [3.05, 3.63) is 76.9 Å². The third kappa shape index (κ3) is 6.26. The molecule has 0 spiro atoms. The van der Waals surface area contributed by atoms with E-state index in [4.69, 9.17) is 17.0 Å². The van der Waals surface area contributed by atoms with Crippen molar-refractivity contribution < 1.29 is 9.53 Å². The maximum absolute atomic E-state index is 12.3. The lowest BCUT2D eigenvalue weighted by atomic mass is 10.1. The summed E-state index contributed by atoms with van der Waals surface area (Å²) in [5.41, 5.74) is 7.70. The predicted octanol–water partition coefficient (Wildman–Crippen LogP) is 5.58. The van der Waals surface area contributed by atoms with E-state index in [1.54, 1.807) is 4.80 Å². The number of ether oxygens (including phenoxy) is 1. The van der Waals surface area contributed by atoms with Crippen molar-refractivity contribution in [2.24, 2.45) is 0 Å². The van der Waals surface area contributed by atoms with Crippen LogP contribution >= 0.6 is 12.2 Å². The second-order valence-electron chi connectivity index (χ2n) is 8.95. The average molecular weight is 502 g/mol. The van der Waals surface area contributed by atoms with Crippen LogP contribution in [0.1, 0.15) is 42.0 Å². The van der Waals surface area contributed by atoms with Crippen molar-refractivity contribution in [1.82, 2.24) is 20.3 Å². The first-order chi connectivity index (χ1) is 17.3. The molecule has 4 aromatic rings. The zero-order valence-electron chi connectivity index (χ0n) is 21.1. The van der Waals surface area contributed by atoms with E-state index in [-0.39, 0.29) is 17.6 Å². The Labute approximate surface area is 216 Å². The van der Waals surface area contributed by atoms with Gasteiger partial charge in [-0.3, -0.25) is 10.1 Å². The van der Waals surface area contributed by atoms with Gasteiger partial charge in [-0.05, 0) is 104 Å². The third-order valence-corrected chi connectivity index (χ3v) is 6.27. The highest BCUT2D eigenvalue weighted by Gasteiger charge is 2.12. The van der Waals surface area contributed by atoms with Crippen LogP contribution < -0.4 is 15.4 Å². The van der Waals surface area contributed by atoms with Crippen LogP contribution in [-0.4, -0.2) is 32.6 Å². The molecule has 36 heavy (non-hydrogen) atoms. The van der Waals surface area contributed by atoms with Crippen molar-refractivity contribution in [1.29, 1.82) is 0 Å². The lowest BCUT2D eigenvalue weighted by Gasteiger charge is -2.12. The van der Waals surface area contributed by atoms with Gasteiger partial charge in [0.1, 0.15) is 16.8 Å². The van der Waals surface area contributed by atoms with E-state index in [2.05, 4.69) is 39.9 Å². The average Bonchev–Trinajstić information content (AvgIpc) is 3.26. The number of benzene rings is 3. The topological polar surface area (TPSA) is 81.1 Å². The molecule has 1 amide bonds. The Morgan fingerprint density at radius 1 is 0.944 bits per heavy atom. The molecule has 0 bridgehead atoms. The van der Waals surface area contributed by atoms with E-state index in [1.165, 1.54) is 24.0 Å². The number of rotatable bonds is 8. The quantitative estimate of drug-likeness (QED) is 0.307. The molecule has 3 aromatic carbocycles. The molecule has 7 nitrogen and oxygen atoms in total. The summed E-state index contributed by atoms with van der Waals surface area (Å²) in [6.07, 6.45) is 3.44. The Kier molecular flexibility index (Phi) is 7.95. The highest BCUT2D eigenvalue weighted by Crippen LogP contribution is 2.22. The number of nitrogens with one attached hydrogen (secondary N) is 2. The van der Waals surface area contributed by atoms with Crippen LogP contribution in [0, 0.1) is 20.8 Å². The van der Waals surface area contributed by atoms with E-state index >= 15 is 0 Å². The molecule has 0 atom stereocenters.